The number of hydrogen-bond donors (Lipinski definition) is 1. The molecule has 1 aromatic rings. The number of rotatable bonds is 5. The summed E-state index contributed by atoms with van der Waals surface area (Å²) in [5, 5.41) is 3.18. The number of carbonyl (C=O) groups is 1. The van der Waals surface area contributed by atoms with Crippen LogP contribution < -0.4 is 5.32 Å². The lowest BCUT2D eigenvalue weighted by Crippen LogP contribution is -2.50. The predicted molar refractivity (Wildman–Crippen MR) is 89.0 cm³/mol. The van der Waals surface area contributed by atoms with Gasteiger partial charge in [-0.15, -0.1) is 0 Å². The van der Waals surface area contributed by atoms with E-state index in [9.17, 15) is 9.00 Å². The number of hydrogen-bond acceptors (Lipinski definition) is 3. The van der Waals surface area contributed by atoms with Gasteiger partial charge in [-0.25, -0.2) is 4.79 Å². The highest BCUT2D eigenvalue weighted by Gasteiger charge is 2.30. The summed E-state index contributed by atoms with van der Waals surface area (Å²) in [5.74, 6) is 0.657. The lowest BCUT2D eigenvalue weighted by Gasteiger charge is -2.32. The molecule has 5 nitrogen and oxygen atoms in total. The fourth-order valence-electron chi connectivity index (χ4n) is 2.89. The second-order valence-corrected chi connectivity index (χ2v) is 7.70. The van der Waals surface area contributed by atoms with E-state index in [1.54, 1.807) is 24.3 Å². The molecule has 6 heteroatoms. The first-order chi connectivity index (χ1) is 10.6. The molecular weight excluding hydrogens is 298 g/mol. The van der Waals surface area contributed by atoms with E-state index in [4.69, 9.17) is 0 Å². The Morgan fingerprint density at radius 3 is 2.73 bits per heavy atom. The molecule has 1 N–H and O–H groups in total. The van der Waals surface area contributed by atoms with Crippen molar-refractivity contribution in [3.05, 3.63) is 30.1 Å². The Bertz CT molecular complexity index is 509. The smallest absolute Gasteiger partial charge is 0.317 e. The summed E-state index contributed by atoms with van der Waals surface area (Å²) in [7, 11) is 0.930. The Hall–Kier alpha value is -1.43. The summed E-state index contributed by atoms with van der Waals surface area (Å²) in [5.41, 5.74) is 1.05. The Morgan fingerprint density at radius 2 is 2.05 bits per heavy atom. The molecule has 2 rings (SSSR count). The fourth-order valence-corrected chi connectivity index (χ4v) is 4.32. The van der Waals surface area contributed by atoms with Gasteiger partial charge in [-0.05, 0) is 30.5 Å². The van der Waals surface area contributed by atoms with Gasteiger partial charge >= 0.3 is 6.03 Å². The molecule has 1 aromatic heterocycles. The van der Waals surface area contributed by atoms with Crippen molar-refractivity contribution in [2.24, 2.45) is 0 Å². The van der Waals surface area contributed by atoms with Crippen molar-refractivity contribution in [2.75, 3.05) is 12.8 Å². The van der Waals surface area contributed by atoms with Crippen molar-refractivity contribution < 1.29 is 9.00 Å². The number of pyridine rings is 1. The van der Waals surface area contributed by atoms with Crippen molar-refractivity contribution in [2.45, 2.75) is 50.4 Å². The molecule has 2 amide bonds. The van der Waals surface area contributed by atoms with Gasteiger partial charge in [0.15, 0.2) is 0 Å². The van der Waals surface area contributed by atoms with Gasteiger partial charge in [0, 0.05) is 48.6 Å². The quantitative estimate of drug-likeness (QED) is 0.904. The normalized spacial score (nSPS) is 22.8. The van der Waals surface area contributed by atoms with Crippen LogP contribution in [0.2, 0.25) is 0 Å². The van der Waals surface area contributed by atoms with E-state index in [2.05, 4.69) is 10.3 Å². The Morgan fingerprint density at radius 1 is 1.36 bits per heavy atom. The average molecular weight is 323 g/mol. The maximum Gasteiger partial charge on any atom is 0.317 e. The topological polar surface area (TPSA) is 62.3 Å². The maximum absolute atomic E-state index is 12.4. The third-order valence-electron chi connectivity index (χ3n) is 4.15. The molecule has 1 heterocycles. The molecule has 22 heavy (non-hydrogen) atoms. The Kier molecular flexibility index (Phi) is 6.36. The number of aromatic nitrogens is 1. The van der Waals surface area contributed by atoms with Gasteiger partial charge in [-0.2, -0.15) is 0 Å². The van der Waals surface area contributed by atoms with Crippen molar-refractivity contribution in [3.8, 4) is 0 Å². The van der Waals surface area contributed by atoms with Crippen LogP contribution in [0.15, 0.2) is 24.5 Å². The number of nitrogens with zero attached hydrogens (tertiary/aromatic N) is 2. The molecule has 0 spiro atoms. The van der Waals surface area contributed by atoms with E-state index in [-0.39, 0.29) is 17.3 Å². The van der Waals surface area contributed by atoms with Crippen LogP contribution in [0.1, 0.15) is 38.2 Å². The molecule has 3 unspecified atom stereocenters. The van der Waals surface area contributed by atoms with Crippen molar-refractivity contribution >= 4 is 16.8 Å². The summed E-state index contributed by atoms with van der Waals surface area (Å²) in [6.45, 7) is 2.49. The van der Waals surface area contributed by atoms with Gasteiger partial charge in [0.1, 0.15) is 0 Å². The molecule has 122 valence electrons. The lowest BCUT2D eigenvalue weighted by molar-refractivity contribution is 0.199. The summed E-state index contributed by atoms with van der Waals surface area (Å²) in [6, 6.07) is 3.74. The van der Waals surface area contributed by atoms with Gasteiger partial charge in [0.05, 0.1) is 5.25 Å². The molecule has 3 atom stereocenters. The highest BCUT2D eigenvalue weighted by Crippen LogP contribution is 2.23. The van der Waals surface area contributed by atoms with Crippen molar-refractivity contribution in [3.63, 3.8) is 0 Å². The molecule has 0 aromatic carbocycles. The standard InChI is InChI=1S/C16H25N3O2S/c1-3-22(21)15-7-5-4-6-14(15)18-16(20)19(2)12-13-8-10-17-11-9-13/h8-11,14-15H,3-7,12H2,1-2H3,(H,18,20). The van der Waals surface area contributed by atoms with Gasteiger partial charge in [-0.3, -0.25) is 9.19 Å². The highest BCUT2D eigenvalue weighted by atomic mass is 32.2. The SMILES string of the molecule is CCS(=O)C1CCCCC1NC(=O)N(C)Cc1ccncc1. The first kappa shape index (κ1) is 16.9. The number of amides is 2. The van der Waals surface area contributed by atoms with Crippen LogP contribution in [0, 0.1) is 0 Å². The zero-order chi connectivity index (χ0) is 15.9. The van der Waals surface area contributed by atoms with Crippen LogP contribution in [0.4, 0.5) is 4.79 Å². The first-order valence-corrected chi connectivity index (χ1v) is 9.27. The van der Waals surface area contributed by atoms with Crippen LogP contribution >= 0.6 is 0 Å². The third kappa shape index (κ3) is 4.53. The van der Waals surface area contributed by atoms with Crippen LogP contribution in [0.5, 0.6) is 0 Å². The summed E-state index contributed by atoms with van der Waals surface area (Å²) < 4.78 is 12.2. The van der Waals surface area contributed by atoms with Gasteiger partial charge < -0.3 is 10.2 Å². The highest BCUT2D eigenvalue weighted by molar-refractivity contribution is 7.85. The molecule has 0 radical (unpaired) electrons. The zero-order valence-corrected chi connectivity index (χ0v) is 14.1. The van der Waals surface area contributed by atoms with E-state index < -0.39 is 10.8 Å². The Labute approximate surface area is 135 Å². The number of nitrogens with one attached hydrogen (secondary N) is 1. The summed E-state index contributed by atoms with van der Waals surface area (Å²) in [6.07, 6.45) is 7.52. The lowest BCUT2D eigenvalue weighted by atomic mass is 9.95. The van der Waals surface area contributed by atoms with Crippen LogP contribution in [0.25, 0.3) is 0 Å². The summed E-state index contributed by atoms with van der Waals surface area (Å²) >= 11 is 0. The van der Waals surface area contributed by atoms with Gasteiger partial charge in [0.25, 0.3) is 0 Å². The van der Waals surface area contributed by atoms with Crippen LogP contribution in [0.3, 0.4) is 0 Å². The largest absolute Gasteiger partial charge is 0.334 e. The van der Waals surface area contributed by atoms with Crippen LogP contribution in [-0.4, -0.2) is 44.2 Å². The minimum atomic E-state index is -0.853. The third-order valence-corrected chi connectivity index (χ3v) is 5.96. The summed E-state index contributed by atoms with van der Waals surface area (Å²) in [4.78, 5) is 18.0. The zero-order valence-electron chi connectivity index (χ0n) is 13.3. The van der Waals surface area contributed by atoms with E-state index in [1.807, 2.05) is 19.1 Å². The molecule has 1 fully saturated rings. The minimum Gasteiger partial charge on any atom is -0.334 e. The van der Waals surface area contributed by atoms with Crippen LogP contribution in [-0.2, 0) is 17.3 Å². The second kappa shape index (κ2) is 8.27. The second-order valence-electron chi connectivity index (χ2n) is 5.76. The van der Waals surface area contributed by atoms with E-state index in [0.717, 1.165) is 31.2 Å². The van der Waals surface area contributed by atoms with Gasteiger partial charge in [0.2, 0.25) is 0 Å². The van der Waals surface area contributed by atoms with E-state index >= 15 is 0 Å². The molecular formula is C16H25N3O2S. The monoisotopic (exact) mass is 323 g/mol. The molecule has 1 aliphatic rings. The molecule has 0 aliphatic heterocycles. The fraction of sp³-hybridized carbons (Fsp3) is 0.625. The Balaban J connectivity index is 1.93. The first-order valence-electron chi connectivity index (χ1n) is 7.89. The number of carbonyl (C=O) groups excluding carboxylic acids is 1. The van der Waals surface area contributed by atoms with Crippen molar-refractivity contribution in [1.82, 2.24) is 15.2 Å². The minimum absolute atomic E-state index is 0.0296. The van der Waals surface area contributed by atoms with E-state index in [1.165, 1.54) is 0 Å². The maximum atomic E-state index is 12.4. The van der Waals surface area contributed by atoms with E-state index in [0.29, 0.717) is 12.3 Å². The molecule has 1 saturated carbocycles. The predicted octanol–water partition coefficient (Wildman–Crippen LogP) is 2.30. The number of urea groups is 1. The average Bonchev–Trinajstić information content (AvgIpc) is 2.55. The molecule has 1 aliphatic carbocycles. The molecule has 0 bridgehead atoms. The van der Waals surface area contributed by atoms with Gasteiger partial charge in [-0.1, -0.05) is 19.8 Å². The van der Waals surface area contributed by atoms with Crippen molar-refractivity contribution in [1.29, 1.82) is 0 Å². The molecule has 0 saturated heterocycles.